The van der Waals surface area contributed by atoms with E-state index in [2.05, 4.69) is 21.3 Å². The number of nitrogens with zero attached hydrogens (tertiary/aromatic N) is 6. The van der Waals surface area contributed by atoms with Crippen LogP contribution in [0.1, 0.15) is 34.3 Å². The van der Waals surface area contributed by atoms with Crippen LogP contribution in [0.4, 0.5) is 0 Å². The van der Waals surface area contributed by atoms with Crippen molar-refractivity contribution >= 4 is 17.5 Å². The SMILES string of the molecule is Cc1ccnc(O[C@@H]2CCCN(C(=O)c3ccc(Cl)cc3-n3nccn3)C2)c1C#N. The van der Waals surface area contributed by atoms with E-state index >= 15 is 0 Å². The summed E-state index contributed by atoms with van der Waals surface area (Å²) in [6, 6.07) is 8.95. The van der Waals surface area contributed by atoms with Crippen molar-refractivity contribution in [2.75, 3.05) is 13.1 Å². The Hall–Kier alpha value is -3.44. The highest BCUT2D eigenvalue weighted by Gasteiger charge is 2.28. The molecule has 1 fully saturated rings. The second-order valence-electron chi connectivity index (χ2n) is 7.03. The molecule has 0 radical (unpaired) electrons. The zero-order valence-corrected chi connectivity index (χ0v) is 17.1. The first kappa shape index (κ1) is 19.9. The summed E-state index contributed by atoms with van der Waals surface area (Å²) in [5.41, 5.74) is 2.21. The molecule has 1 saturated heterocycles. The number of pyridine rings is 1. The minimum Gasteiger partial charge on any atom is -0.472 e. The van der Waals surface area contributed by atoms with Crippen LogP contribution in [0.3, 0.4) is 0 Å². The van der Waals surface area contributed by atoms with Gasteiger partial charge in [-0.3, -0.25) is 4.79 Å². The molecule has 3 heterocycles. The highest BCUT2D eigenvalue weighted by Crippen LogP contribution is 2.25. The molecule has 0 saturated carbocycles. The number of hydrogen-bond donors (Lipinski definition) is 0. The van der Waals surface area contributed by atoms with E-state index in [9.17, 15) is 10.1 Å². The molecule has 1 atom stereocenters. The van der Waals surface area contributed by atoms with Gasteiger partial charge in [-0.2, -0.15) is 20.3 Å². The van der Waals surface area contributed by atoms with Gasteiger partial charge in [0, 0.05) is 17.8 Å². The van der Waals surface area contributed by atoms with Crippen molar-refractivity contribution < 1.29 is 9.53 Å². The van der Waals surface area contributed by atoms with Crippen LogP contribution in [0, 0.1) is 18.3 Å². The molecule has 2 aromatic heterocycles. The normalized spacial score (nSPS) is 16.2. The van der Waals surface area contributed by atoms with E-state index < -0.39 is 0 Å². The molecule has 9 heteroatoms. The van der Waals surface area contributed by atoms with Crippen molar-refractivity contribution in [2.45, 2.75) is 25.9 Å². The summed E-state index contributed by atoms with van der Waals surface area (Å²) in [4.78, 5) is 20.6. The van der Waals surface area contributed by atoms with Gasteiger partial charge >= 0.3 is 0 Å². The lowest BCUT2D eigenvalue weighted by Crippen LogP contribution is -2.44. The van der Waals surface area contributed by atoms with E-state index in [1.807, 2.05) is 6.92 Å². The summed E-state index contributed by atoms with van der Waals surface area (Å²) < 4.78 is 6.02. The van der Waals surface area contributed by atoms with Crippen molar-refractivity contribution in [2.24, 2.45) is 0 Å². The molecule has 3 aromatic rings. The van der Waals surface area contributed by atoms with Crippen LogP contribution in [-0.2, 0) is 0 Å². The first-order valence-corrected chi connectivity index (χ1v) is 9.92. The van der Waals surface area contributed by atoms with Crippen molar-refractivity contribution in [3.05, 3.63) is 64.6 Å². The third kappa shape index (κ3) is 3.98. The Balaban J connectivity index is 1.56. The van der Waals surface area contributed by atoms with E-state index in [-0.39, 0.29) is 12.0 Å². The average molecular weight is 423 g/mol. The maximum absolute atomic E-state index is 13.3. The van der Waals surface area contributed by atoms with E-state index in [1.54, 1.807) is 47.8 Å². The predicted octanol–water partition coefficient (Wildman–Crippen LogP) is 3.18. The lowest BCUT2D eigenvalue weighted by molar-refractivity contribution is 0.0526. The van der Waals surface area contributed by atoms with Crippen molar-refractivity contribution in [3.8, 4) is 17.6 Å². The second-order valence-corrected chi connectivity index (χ2v) is 7.47. The van der Waals surface area contributed by atoms with Gasteiger partial charge in [0.1, 0.15) is 17.7 Å². The fraction of sp³-hybridized carbons (Fsp3) is 0.286. The molecule has 1 aliphatic rings. The summed E-state index contributed by atoms with van der Waals surface area (Å²) >= 11 is 6.13. The number of nitriles is 1. The third-order valence-corrected chi connectivity index (χ3v) is 5.24. The Kier molecular flexibility index (Phi) is 5.63. The first-order chi connectivity index (χ1) is 14.6. The molecule has 1 amide bonds. The number of hydrogen-bond acceptors (Lipinski definition) is 6. The fourth-order valence-electron chi connectivity index (χ4n) is 3.50. The molecule has 4 rings (SSSR count). The van der Waals surface area contributed by atoms with Gasteiger partial charge in [-0.25, -0.2) is 4.98 Å². The van der Waals surface area contributed by atoms with E-state index in [4.69, 9.17) is 16.3 Å². The Bertz CT molecular complexity index is 1110. The number of aromatic nitrogens is 4. The molecule has 30 heavy (non-hydrogen) atoms. The zero-order valence-electron chi connectivity index (χ0n) is 16.3. The number of aryl methyl sites for hydroxylation is 1. The van der Waals surface area contributed by atoms with Crippen molar-refractivity contribution in [1.82, 2.24) is 24.9 Å². The van der Waals surface area contributed by atoms with E-state index in [0.29, 0.717) is 40.8 Å². The van der Waals surface area contributed by atoms with Crippen LogP contribution in [0.5, 0.6) is 5.88 Å². The van der Waals surface area contributed by atoms with Gasteiger partial charge in [0.25, 0.3) is 5.91 Å². The lowest BCUT2D eigenvalue weighted by Gasteiger charge is -2.33. The van der Waals surface area contributed by atoms with Crippen LogP contribution < -0.4 is 4.74 Å². The van der Waals surface area contributed by atoms with Gasteiger partial charge in [0.05, 0.1) is 30.2 Å². The third-order valence-electron chi connectivity index (χ3n) is 5.00. The smallest absolute Gasteiger partial charge is 0.256 e. The summed E-state index contributed by atoms with van der Waals surface area (Å²) in [7, 11) is 0. The summed E-state index contributed by atoms with van der Waals surface area (Å²) in [5, 5.41) is 18.1. The van der Waals surface area contributed by atoms with Crippen LogP contribution in [0.2, 0.25) is 5.02 Å². The Morgan fingerprint density at radius 1 is 1.27 bits per heavy atom. The molecule has 0 spiro atoms. The maximum Gasteiger partial charge on any atom is 0.256 e. The first-order valence-electron chi connectivity index (χ1n) is 9.54. The number of carbonyl (C=O) groups excluding carboxylic acids is 1. The number of carbonyl (C=O) groups is 1. The molecular formula is C21H19ClN6O2. The molecule has 0 bridgehead atoms. The lowest BCUT2D eigenvalue weighted by atomic mass is 10.1. The number of benzene rings is 1. The maximum atomic E-state index is 13.3. The summed E-state index contributed by atoms with van der Waals surface area (Å²) in [5.74, 6) is 0.162. The minimum atomic E-state index is -0.248. The molecular weight excluding hydrogens is 404 g/mol. The van der Waals surface area contributed by atoms with E-state index in [0.717, 1.165) is 18.4 Å². The molecule has 0 N–H and O–H groups in total. The van der Waals surface area contributed by atoms with Gasteiger partial charge in [-0.1, -0.05) is 11.6 Å². The topological polar surface area (TPSA) is 96.9 Å². The minimum absolute atomic E-state index is 0.148. The summed E-state index contributed by atoms with van der Waals surface area (Å²) in [6.07, 6.45) is 6.02. The van der Waals surface area contributed by atoms with Crippen molar-refractivity contribution in [3.63, 3.8) is 0 Å². The predicted molar refractivity (Wildman–Crippen MR) is 110 cm³/mol. The Labute approximate surface area is 178 Å². The largest absolute Gasteiger partial charge is 0.472 e. The van der Waals surface area contributed by atoms with Gasteiger partial charge in [-0.05, 0) is 49.6 Å². The van der Waals surface area contributed by atoms with Crippen LogP contribution in [0.25, 0.3) is 5.69 Å². The summed E-state index contributed by atoms with van der Waals surface area (Å²) in [6.45, 7) is 2.85. The monoisotopic (exact) mass is 422 g/mol. The van der Waals surface area contributed by atoms with Crippen LogP contribution >= 0.6 is 11.6 Å². The Morgan fingerprint density at radius 2 is 2.07 bits per heavy atom. The number of amides is 1. The van der Waals surface area contributed by atoms with Gasteiger partial charge in [-0.15, -0.1) is 0 Å². The van der Waals surface area contributed by atoms with Gasteiger partial charge in [0.2, 0.25) is 5.88 Å². The molecule has 8 nitrogen and oxygen atoms in total. The molecule has 1 aromatic carbocycles. The number of rotatable bonds is 4. The number of halogens is 1. The molecule has 0 aliphatic carbocycles. The molecule has 152 valence electrons. The quantitative estimate of drug-likeness (QED) is 0.640. The number of ether oxygens (including phenoxy) is 1. The zero-order chi connectivity index (χ0) is 21.1. The van der Waals surface area contributed by atoms with Gasteiger partial charge in [0.15, 0.2) is 0 Å². The number of piperidine rings is 1. The van der Waals surface area contributed by atoms with Crippen LogP contribution in [0.15, 0.2) is 42.9 Å². The van der Waals surface area contributed by atoms with Crippen molar-refractivity contribution in [1.29, 1.82) is 5.26 Å². The van der Waals surface area contributed by atoms with E-state index in [1.165, 1.54) is 4.80 Å². The Morgan fingerprint density at radius 3 is 2.83 bits per heavy atom. The fourth-order valence-corrected chi connectivity index (χ4v) is 3.66. The standard InChI is InChI=1S/C21H19ClN6O2/c1-14-6-7-24-20(18(14)12-23)30-16-3-2-10-27(13-16)21(29)17-5-4-15(22)11-19(17)28-25-8-9-26-28/h4-9,11,16H,2-3,10,13H2,1H3/t16-/m1/s1. The number of likely N-dealkylation sites (tertiary alicyclic amines) is 1. The average Bonchev–Trinajstić information content (AvgIpc) is 3.28. The highest BCUT2D eigenvalue weighted by atomic mass is 35.5. The van der Waals surface area contributed by atoms with Gasteiger partial charge < -0.3 is 9.64 Å². The molecule has 1 aliphatic heterocycles. The second kappa shape index (κ2) is 8.51. The molecule has 0 unspecified atom stereocenters. The van der Waals surface area contributed by atoms with Crippen LogP contribution in [-0.4, -0.2) is 50.0 Å². The highest BCUT2D eigenvalue weighted by molar-refractivity contribution is 6.31.